The Kier molecular flexibility index (Phi) is 3.13. The highest BCUT2D eigenvalue weighted by Gasteiger charge is 2.07. The number of nitrogens with zero attached hydrogens (tertiary/aromatic N) is 1. The monoisotopic (exact) mass is 185 g/mol. The van der Waals surface area contributed by atoms with Gasteiger partial charge in [-0.3, -0.25) is 9.55 Å². The van der Waals surface area contributed by atoms with Crippen LogP contribution in [0.2, 0.25) is 0 Å². The fourth-order valence-corrected chi connectivity index (χ4v) is 1.20. The third kappa shape index (κ3) is 2.35. The van der Waals surface area contributed by atoms with Crippen molar-refractivity contribution in [2.45, 2.75) is 19.9 Å². The molecule has 0 radical (unpaired) electrons. The summed E-state index contributed by atoms with van der Waals surface area (Å²) in [6.07, 6.45) is 2.32. The first-order chi connectivity index (χ1) is 6.17. The molecule has 0 aliphatic carbocycles. The first-order valence-electron chi connectivity index (χ1n) is 4.35. The predicted molar refractivity (Wildman–Crippen MR) is 49.6 cm³/mol. The molecule has 4 N–H and O–H groups in total. The maximum atomic E-state index is 11.1. The number of rotatable bonds is 4. The van der Waals surface area contributed by atoms with E-state index in [2.05, 4.69) is 4.98 Å². The Morgan fingerprint density at radius 2 is 2.46 bits per heavy atom. The smallest absolute Gasteiger partial charge is 0.328 e. The molecule has 0 fully saturated rings. The minimum absolute atomic E-state index is 0.100. The second kappa shape index (κ2) is 4.13. The van der Waals surface area contributed by atoms with Crippen LogP contribution in [-0.2, 0) is 6.54 Å². The van der Waals surface area contributed by atoms with Crippen LogP contribution in [0.15, 0.2) is 11.0 Å². The summed E-state index contributed by atoms with van der Waals surface area (Å²) in [7, 11) is 0. The molecule has 1 atom stereocenters. The van der Waals surface area contributed by atoms with E-state index in [1.165, 1.54) is 10.8 Å². The number of aromatic hydroxyl groups is 1. The largest absolute Gasteiger partial charge is 0.493 e. The van der Waals surface area contributed by atoms with Gasteiger partial charge in [-0.05, 0) is 12.5 Å². The Morgan fingerprint density at radius 1 is 1.77 bits per heavy atom. The van der Waals surface area contributed by atoms with Gasteiger partial charge >= 0.3 is 5.69 Å². The Morgan fingerprint density at radius 3 is 2.85 bits per heavy atom. The Bertz CT molecular complexity index is 311. The summed E-state index contributed by atoms with van der Waals surface area (Å²) in [5.41, 5.74) is 5.21. The van der Waals surface area contributed by atoms with Gasteiger partial charge in [0.2, 0.25) is 5.88 Å². The van der Waals surface area contributed by atoms with Crippen LogP contribution in [0.1, 0.15) is 13.3 Å². The summed E-state index contributed by atoms with van der Waals surface area (Å²) in [5.74, 6) is 0.185. The van der Waals surface area contributed by atoms with Gasteiger partial charge < -0.3 is 10.8 Å². The number of imidazole rings is 1. The normalized spacial score (nSPS) is 13.1. The number of aromatic amines is 1. The van der Waals surface area contributed by atoms with Crippen molar-refractivity contribution >= 4 is 0 Å². The number of hydrogen-bond acceptors (Lipinski definition) is 3. The molecule has 0 aliphatic rings. The van der Waals surface area contributed by atoms with Crippen molar-refractivity contribution in [2.75, 3.05) is 6.54 Å². The van der Waals surface area contributed by atoms with E-state index in [1.807, 2.05) is 6.92 Å². The average Bonchev–Trinajstić information content (AvgIpc) is 2.41. The van der Waals surface area contributed by atoms with Gasteiger partial charge in [0.15, 0.2) is 0 Å². The number of H-pyrrole nitrogens is 1. The van der Waals surface area contributed by atoms with Gasteiger partial charge in [0.05, 0.1) is 6.20 Å². The topological polar surface area (TPSA) is 84.0 Å². The molecule has 0 saturated heterocycles. The van der Waals surface area contributed by atoms with Crippen LogP contribution < -0.4 is 11.4 Å². The fourth-order valence-electron chi connectivity index (χ4n) is 1.20. The fraction of sp³-hybridized carbons (Fsp3) is 0.625. The zero-order valence-corrected chi connectivity index (χ0v) is 7.66. The third-order valence-corrected chi connectivity index (χ3v) is 2.14. The maximum Gasteiger partial charge on any atom is 0.328 e. The highest BCUT2D eigenvalue weighted by Crippen LogP contribution is 2.05. The van der Waals surface area contributed by atoms with Crippen LogP contribution in [0.4, 0.5) is 0 Å². The zero-order chi connectivity index (χ0) is 9.84. The van der Waals surface area contributed by atoms with E-state index in [9.17, 15) is 4.79 Å². The quantitative estimate of drug-likeness (QED) is 0.610. The molecule has 1 heterocycles. The number of nitrogens with one attached hydrogen (secondary N) is 1. The van der Waals surface area contributed by atoms with Gasteiger partial charge in [-0.2, -0.15) is 0 Å². The molecule has 0 spiro atoms. The molecular weight excluding hydrogens is 170 g/mol. The van der Waals surface area contributed by atoms with Crippen molar-refractivity contribution < 1.29 is 5.11 Å². The van der Waals surface area contributed by atoms with Crippen molar-refractivity contribution in [3.8, 4) is 5.88 Å². The van der Waals surface area contributed by atoms with Crippen LogP contribution in [0.3, 0.4) is 0 Å². The van der Waals surface area contributed by atoms with Gasteiger partial charge in [0.25, 0.3) is 0 Å². The molecule has 1 aromatic rings. The molecule has 0 bridgehead atoms. The molecule has 1 rings (SSSR count). The lowest BCUT2D eigenvalue weighted by Crippen LogP contribution is -2.25. The van der Waals surface area contributed by atoms with Crippen molar-refractivity contribution in [3.05, 3.63) is 16.7 Å². The second-order valence-electron chi connectivity index (χ2n) is 3.11. The molecule has 0 aliphatic heterocycles. The van der Waals surface area contributed by atoms with Crippen LogP contribution >= 0.6 is 0 Å². The molecule has 0 aromatic carbocycles. The SMILES string of the molecule is CCC(CN)Cn1cc(O)[nH]c1=O. The van der Waals surface area contributed by atoms with Gasteiger partial charge in [0, 0.05) is 6.54 Å². The number of hydrogen-bond donors (Lipinski definition) is 3. The molecule has 1 aromatic heterocycles. The summed E-state index contributed by atoms with van der Waals surface area (Å²) >= 11 is 0. The molecule has 74 valence electrons. The molecule has 0 saturated carbocycles. The molecule has 5 nitrogen and oxygen atoms in total. The number of aromatic nitrogens is 2. The predicted octanol–water partition coefficient (Wildman–Crippen LogP) is -0.133. The molecule has 5 heteroatoms. The first kappa shape index (κ1) is 9.85. The van der Waals surface area contributed by atoms with E-state index in [1.54, 1.807) is 0 Å². The molecule has 13 heavy (non-hydrogen) atoms. The van der Waals surface area contributed by atoms with E-state index in [0.717, 1.165) is 6.42 Å². The second-order valence-corrected chi connectivity index (χ2v) is 3.11. The molecule has 1 unspecified atom stereocenters. The maximum absolute atomic E-state index is 11.1. The van der Waals surface area contributed by atoms with Crippen LogP contribution in [0.5, 0.6) is 5.88 Å². The van der Waals surface area contributed by atoms with Crippen molar-refractivity contribution in [2.24, 2.45) is 11.7 Å². The standard InChI is InChI=1S/C8H15N3O2/c1-2-6(3-9)4-11-5-7(12)10-8(11)13/h5-6,12H,2-4,9H2,1H3,(H,10,13). The van der Waals surface area contributed by atoms with Crippen molar-refractivity contribution in [3.63, 3.8) is 0 Å². The van der Waals surface area contributed by atoms with E-state index in [-0.39, 0.29) is 17.5 Å². The van der Waals surface area contributed by atoms with Crippen LogP contribution in [-0.4, -0.2) is 21.2 Å². The minimum atomic E-state index is -0.288. The Balaban J connectivity index is 2.73. The van der Waals surface area contributed by atoms with Gasteiger partial charge in [0.1, 0.15) is 0 Å². The van der Waals surface area contributed by atoms with Crippen molar-refractivity contribution in [1.82, 2.24) is 9.55 Å². The molecule has 0 amide bonds. The average molecular weight is 185 g/mol. The van der Waals surface area contributed by atoms with Crippen molar-refractivity contribution in [1.29, 1.82) is 0 Å². The summed E-state index contributed by atoms with van der Waals surface area (Å²) in [5, 5.41) is 8.98. The third-order valence-electron chi connectivity index (χ3n) is 2.14. The summed E-state index contributed by atoms with van der Waals surface area (Å²) < 4.78 is 1.44. The Labute approximate surface area is 76.2 Å². The Hall–Kier alpha value is -1.23. The summed E-state index contributed by atoms with van der Waals surface area (Å²) in [4.78, 5) is 13.4. The lowest BCUT2D eigenvalue weighted by molar-refractivity contribution is 0.430. The first-order valence-corrected chi connectivity index (χ1v) is 4.35. The molecular formula is C8H15N3O2. The highest BCUT2D eigenvalue weighted by molar-refractivity contribution is 5.00. The van der Waals surface area contributed by atoms with E-state index in [0.29, 0.717) is 13.1 Å². The van der Waals surface area contributed by atoms with E-state index >= 15 is 0 Å². The van der Waals surface area contributed by atoms with Gasteiger partial charge in [-0.15, -0.1) is 0 Å². The highest BCUT2D eigenvalue weighted by atomic mass is 16.3. The van der Waals surface area contributed by atoms with Gasteiger partial charge in [-0.1, -0.05) is 13.3 Å². The minimum Gasteiger partial charge on any atom is -0.493 e. The summed E-state index contributed by atoms with van der Waals surface area (Å²) in [6, 6.07) is 0. The lowest BCUT2D eigenvalue weighted by Gasteiger charge is -2.11. The zero-order valence-electron chi connectivity index (χ0n) is 7.66. The lowest BCUT2D eigenvalue weighted by atomic mass is 10.1. The van der Waals surface area contributed by atoms with E-state index < -0.39 is 0 Å². The van der Waals surface area contributed by atoms with E-state index in [4.69, 9.17) is 10.8 Å². The number of nitrogens with two attached hydrogens (primary N) is 1. The van der Waals surface area contributed by atoms with Gasteiger partial charge in [-0.25, -0.2) is 4.79 Å². The summed E-state index contributed by atoms with van der Waals surface area (Å²) in [6.45, 7) is 3.13. The van der Waals surface area contributed by atoms with Crippen LogP contribution in [0.25, 0.3) is 0 Å². The van der Waals surface area contributed by atoms with Crippen LogP contribution in [0, 0.1) is 5.92 Å².